The van der Waals surface area contributed by atoms with Gasteiger partial charge in [-0.1, -0.05) is 30.0 Å². The van der Waals surface area contributed by atoms with Crippen molar-refractivity contribution < 1.29 is 9.21 Å². The van der Waals surface area contributed by atoms with Crippen LogP contribution in [0.4, 0.5) is 5.82 Å². The lowest BCUT2D eigenvalue weighted by atomic mass is 10.2. The maximum atomic E-state index is 12.8. The zero-order chi connectivity index (χ0) is 23.1. The van der Waals surface area contributed by atoms with Gasteiger partial charge in [-0.15, -0.1) is 11.3 Å². The van der Waals surface area contributed by atoms with Gasteiger partial charge in [0, 0.05) is 34.0 Å². The normalized spacial score (nSPS) is 11.4. The molecule has 0 saturated heterocycles. The molecule has 0 aliphatic carbocycles. The lowest BCUT2D eigenvalue weighted by molar-refractivity contribution is 0.102. The Morgan fingerprint density at radius 1 is 1.15 bits per heavy atom. The number of fused-ring (bicyclic) bond motifs is 2. The molecule has 4 aromatic heterocycles. The number of nitrogens with one attached hydrogen (secondary N) is 1. The summed E-state index contributed by atoms with van der Waals surface area (Å²) in [5, 5.41) is 5.90. The van der Waals surface area contributed by atoms with Crippen LogP contribution >= 0.6 is 23.1 Å². The van der Waals surface area contributed by atoms with Crippen molar-refractivity contribution >= 4 is 50.9 Å². The number of rotatable bonds is 5. The van der Waals surface area contributed by atoms with Crippen molar-refractivity contribution in [3.05, 3.63) is 80.4 Å². The van der Waals surface area contributed by atoms with Crippen LogP contribution in [-0.2, 0) is 5.75 Å². The van der Waals surface area contributed by atoms with Crippen molar-refractivity contribution in [1.29, 1.82) is 0 Å². The van der Waals surface area contributed by atoms with Gasteiger partial charge in [-0.3, -0.25) is 14.0 Å². The van der Waals surface area contributed by atoms with E-state index in [-0.39, 0.29) is 11.5 Å². The standard InChI is InChI=1S/C23H19N5O3S2/c1-12-10-33-23-24-16(9-17(29)28(12)23)11-32-22-26-19(18-13(2)14(3)31-21(18)27-22)25-20(30)15-7-5-4-6-8-15/h4-10H,11H2,1-3H3,(H,25,26,27,30). The van der Waals surface area contributed by atoms with Crippen LogP contribution < -0.4 is 10.9 Å². The van der Waals surface area contributed by atoms with E-state index in [1.165, 1.54) is 29.2 Å². The Bertz CT molecular complexity index is 1570. The summed E-state index contributed by atoms with van der Waals surface area (Å²) in [4.78, 5) is 39.6. The van der Waals surface area contributed by atoms with Gasteiger partial charge < -0.3 is 9.73 Å². The van der Waals surface area contributed by atoms with E-state index in [4.69, 9.17) is 4.42 Å². The molecule has 0 aliphatic heterocycles. The molecule has 0 radical (unpaired) electrons. The maximum Gasteiger partial charge on any atom is 0.258 e. The van der Waals surface area contributed by atoms with Gasteiger partial charge in [0.25, 0.3) is 11.5 Å². The van der Waals surface area contributed by atoms with Crippen LogP contribution in [0.3, 0.4) is 0 Å². The summed E-state index contributed by atoms with van der Waals surface area (Å²) in [5.41, 5.74) is 3.20. The van der Waals surface area contributed by atoms with Gasteiger partial charge >= 0.3 is 0 Å². The highest BCUT2D eigenvalue weighted by Gasteiger charge is 2.19. The summed E-state index contributed by atoms with van der Waals surface area (Å²) in [5.74, 6) is 1.24. The molecule has 0 unspecified atom stereocenters. The van der Waals surface area contributed by atoms with Gasteiger partial charge in [-0.05, 0) is 32.9 Å². The van der Waals surface area contributed by atoms with Crippen LogP contribution in [0.5, 0.6) is 0 Å². The fourth-order valence-electron chi connectivity index (χ4n) is 3.47. The first-order chi connectivity index (χ1) is 15.9. The Morgan fingerprint density at radius 3 is 2.73 bits per heavy atom. The van der Waals surface area contributed by atoms with Crippen molar-refractivity contribution in [3.8, 4) is 0 Å². The number of anilines is 1. The number of thioether (sulfide) groups is 1. The number of carbonyl (C=O) groups is 1. The monoisotopic (exact) mass is 477 g/mol. The summed E-state index contributed by atoms with van der Waals surface area (Å²) in [6.45, 7) is 5.63. The fraction of sp³-hybridized carbons (Fsp3) is 0.174. The third-order valence-electron chi connectivity index (χ3n) is 5.25. The van der Waals surface area contributed by atoms with Crippen molar-refractivity contribution in [2.45, 2.75) is 31.7 Å². The number of hydrogen-bond donors (Lipinski definition) is 1. The molecule has 0 aliphatic rings. The Labute approximate surface area is 196 Å². The van der Waals surface area contributed by atoms with Crippen molar-refractivity contribution in [1.82, 2.24) is 19.4 Å². The first-order valence-electron chi connectivity index (χ1n) is 10.1. The second kappa shape index (κ2) is 8.45. The number of thiazole rings is 1. The molecule has 166 valence electrons. The van der Waals surface area contributed by atoms with Crippen molar-refractivity contribution in [2.24, 2.45) is 0 Å². The molecule has 1 N–H and O–H groups in total. The van der Waals surface area contributed by atoms with Gasteiger partial charge in [0.1, 0.15) is 11.6 Å². The van der Waals surface area contributed by atoms with E-state index >= 15 is 0 Å². The molecule has 0 saturated carbocycles. The number of nitrogens with zero attached hydrogens (tertiary/aromatic N) is 4. The third kappa shape index (κ3) is 4.03. The lowest BCUT2D eigenvalue weighted by Gasteiger charge is -2.08. The van der Waals surface area contributed by atoms with Crippen LogP contribution in [0.2, 0.25) is 0 Å². The summed E-state index contributed by atoms with van der Waals surface area (Å²) in [6, 6.07) is 10.5. The zero-order valence-corrected chi connectivity index (χ0v) is 19.7. The number of aryl methyl sites for hydroxylation is 3. The molecule has 8 nitrogen and oxygen atoms in total. The number of carbonyl (C=O) groups excluding carboxylic acids is 1. The van der Waals surface area contributed by atoms with Crippen molar-refractivity contribution in [2.75, 3.05) is 5.32 Å². The fourth-order valence-corrected chi connectivity index (χ4v) is 5.09. The molecule has 1 aromatic carbocycles. The number of aromatic nitrogens is 4. The van der Waals surface area contributed by atoms with Crippen LogP contribution in [0, 0.1) is 20.8 Å². The summed E-state index contributed by atoms with van der Waals surface area (Å²) < 4.78 is 7.41. The lowest BCUT2D eigenvalue weighted by Crippen LogP contribution is -2.15. The topological polar surface area (TPSA) is 102 Å². The highest BCUT2D eigenvalue weighted by Crippen LogP contribution is 2.32. The van der Waals surface area contributed by atoms with Gasteiger partial charge in [-0.25, -0.2) is 9.97 Å². The molecular weight excluding hydrogens is 458 g/mol. The predicted octanol–water partition coefficient (Wildman–Crippen LogP) is 4.76. The van der Waals surface area contributed by atoms with Gasteiger partial charge in [0.05, 0.1) is 11.1 Å². The highest BCUT2D eigenvalue weighted by molar-refractivity contribution is 7.98. The second-order valence-electron chi connectivity index (χ2n) is 7.51. The predicted molar refractivity (Wildman–Crippen MR) is 129 cm³/mol. The maximum absolute atomic E-state index is 12.8. The minimum atomic E-state index is -0.266. The van der Waals surface area contributed by atoms with E-state index in [0.29, 0.717) is 49.8 Å². The average Bonchev–Trinajstić information content (AvgIpc) is 3.32. The number of amides is 1. The van der Waals surface area contributed by atoms with Crippen molar-refractivity contribution in [3.63, 3.8) is 0 Å². The van der Waals surface area contributed by atoms with Crippen LogP contribution in [0.1, 0.15) is 33.1 Å². The van der Waals surface area contributed by atoms with Gasteiger partial charge in [0.15, 0.2) is 10.1 Å². The number of benzene rings is 1. The Balaban J connectivity index is 1.47. The first kappa shape index (κ1) is 21.4. The minimum Gasteiger partial charge on any atom is -0.443 e. The molecule has 10 heteroatoms. The Hall–Kier alpha value is -3.50. The quantitative estimate of drug-likeness (QED) is 0.287. The average molecular weight is 478 g/mol. The molecule has 5 aromatic rings. The van der Waals surface area contributed by atoms with Crippen LogP contribution in [0.15, 0.2) is 56.1 Å². The van der Waals surface area contributed by atoms with Crippen LogP contribution in [-0.4, -0.2) is 25.3 Å². The molecule has 5 rings (SSSR count). The van der Waals surface area contributed by atoms with E-state index in [9.17, 15) is 9.59 Å². The second-order valence-corrected chi connectivity index (χ2v) is 9.29. The molecule has 0 fully saturated rings. The van der Waals surface area contributed by atoms with Gasteiger partial charge in [0.2, 0.25) is 5.71 Å². The molecule has 33 heavy (non-hydrogen) atoms. The third-order valence-corrected chi connectivity index (χ3v) is 7.08. The van der Waals surface area contributed by atoms with E-state index in [2.05, 4.69) is 20.3 Å². The van der Waals surface area contributed by atoms with E-state index in [1.807, 2.05) is 32.2 Å². The van der Waals surface area contributed by atoms with Crippen LogP contribution in [0.25, 0.3) is 16.1 Å². The minimum absolute atomic E-state index is 0.112. The zero-order valence-electron chi connectivity index (χ0n) is 18.1. The molecule has 0 bridgehead atoms. The molecule has 4 heterocycles. The summed E-state index contributed by atoms with van der Waals surface area (Å²) in [6.07, 6.45) is 0. The van der Waals surface area contributed by atoms with E-state index in [1.54, 1.807) is 28.7 Å². The number of hydrogen-bond acceptors (Lipinski definition) is 8. The van der Waals surface area contributed by atoms with Gasteiger partial charge in [-0.2, -0.15) is 4.98 Å². The van der Waals surface area contributed by atoms with E-state index in [0.717, 1.165) is 11.3 Å². The number of furan rings is 1. The Kier molecular flexibility index (Phi) is 5.47. The molecule has 1 amide bonds. The first-order valence-corrected chi connectivity index (χ1v) is 12.0. The highest BCUT2D eigenvalue weighted by atomic mass is 32.2. The smallest absolute Gasteiger partial charge is 0.258 e. The Morgan fingerprint density at radius 2 is 1.94 bits per heavy atom. The summed E-state index contributed by atoms with van der Waals surface area (Å²) >= 11 is 2.75. The largest absolute Gasteiger partial charge is 0.443 e. The molecule has 0 atom stereocenters. The SMILES string of the molecule is Cc1oc2nc(SCc3cc(=O)n4c(C)csc4n3)nc(NC(=O)c3ccccc3)c2c1C. The molecule has 0 spiro atoms. The van der Waals surface area contributed by atoms with E-state index < -0.39 is 0 Å². The summed E-state index contributed by atoms with van der Waals surface area (Å²) in [7, 11) is 0. The molecular formula is C23H19N5O3S2.